The molecular weight excluding hydrogens is 220 g/mol. The average molecular weight is 233 g/mol. The molecule has 0 saturated heterocycles. The summed E-state index contributed by atoms with van der Waals surface area (Å²) < 4.78 is 0. The van der Waals surface area contributed by atoms with E-state index in [0.717, 1.165) is 0 Å². The van der Waals surface area contributed by atoms with Crippen LogP contribution in [0.4, 0.5) is 0 Å². The van der Waals surface area contributed by atoms with Crippen LogP contribution in [0.2, 0.25) is 0 Å². The first-order chi connectivity index (χ1) is 5.61. The fraction of sp³-hybridized carbons (Fsp3) is 0.500. The van der Waals surface area contributed by atoms with E-state index in [1.54, 1.807) is 6.08 Å². The van der Waals surface area contributed by atoms with Gasteiger partial charge in [-0.15, -0.1) is 0 Å². The Kier molecular flexibility index (Phi) is 5.62. The van der Waals surface area contributed by atoms with Crippen LogP contribution in [0.25, 0.3) is 0 Å². The maximum Gasteiger partial charge on any atom is 0.244 e. The minimum atomic E-state index is -0.437. The number of rotatable bonds is 5. The molecule has 68 valence electrons. The molecule has 0 aliphatic carbocycles. The van der Waals surface area contributed by atoms with E-state index in [1.807, 2.05) is 6.92 Å². The third-order valence-corrected chi connectivity index (χ3v) is 1.81. The van der Waals surface area contributed by atoms with Gasteiger partial charge in [-0.1, -0.05) is 22.9 Å². The highest BCUT2D eigenvalue weighted by Gasteiger charge is 2.03. The zero-order valence-corrected chi connectivity index (χ0v) is 8.65. The van der Waals surface area contributed by atoms with Crippen molar-refractivity contribution in [2.45, 2.75) is 19.8 Å². The van der Waals surface area contributed by atoms with Crippen molar-refractivity contribution in [1.29, 1.82) is 5.41 Å². The van der Waals surface area contributed by atoms with Gasteiger partial charge in [0.25, 0.3) is 0 Å². The number of halogens is 1. The second-order valence-corrected chi connectivity index (χ2v) is 3.14. The third kappa shape index (κ3) is 4.28. The molecule has 12 heavy (non-hydrogen) atoms. The van der Waals surface area contributed by atoms with Crippen LogP contribution < -0.4 is 5.73 Å². The summed E-state index contributed by atoms with van der Waals surface area (Å²) in [6, 6.07) is 0. The van der Waals surface area contributed by atoms with Crippen LogP contribution in [0.15, 0.2) is 11.6 Å². The smallest absolute Gasteiger partial charge is 0.244 e. The number of amides is 1. The first-order valence-electron chi connectivity index (χ1n) is 3.75. The van der Waals surface area contributed by atoms with Crippen LogP contribution in [0.1, 0.15) is 19.8 Å². The molecular formula is C8H13BrN2O. The van der Waals surface area contributed by atoms with Gasteiger partial charge in [-0.3, -0.25) is 4.79 Å². The minimum Gasteiger partial charge on any atom is -0.366 e. The molecule has 0 unspecified atom stereocenters. The average Bonchev–Trinajstić information content (AvgIpc) is 2.03. The van der Waals surface area contributed by atoms with Crippen molar-refractivity contribution in [2.24, 2.45) is 5.73 Å². The van der Waals surface area contributed by atoms with Crippen molar-refractivity contribution in [3.63, 3.8) is 0 Å². The molecule has 0 aromatic carbocycles. The second kappa shape index (κ2) is 5.94. The van der Waals surface area contributed by atoms with Gasteiger partial charge in [0.15, 0.2) is 0 Å². The molecule has 0 saturated carbocycles. The SMILES string of the molecule is CCC(=N)C=C(CCBr)C(N)=O. The number of carbonyl (C=O) groups is 1. The highest BCUT2D eigenvalue weighted by atomic mass is 79.9. The van der Waals surface area contributed by atoms with E-state index >= 15 is 0 Å². The summed E-state index contributed by atoms with van der Waals surface area (Å²) in [5, 5.41) is 8.03. The summed E-state index contributed by atoms with van der Waals surface area (Å²) in [5.41, 5.74) is 6.05. The lowest BCUT2D eigenvalue weighted by Crippen LogP contribution is -2.15. The minimum absolute atomic E-state index is 0.435. The fourth-order valence-corrected chi connectivity index (χ4v) is 1.11. The Labute approximate surface area is 80.7 Å². The normalized spacial score (nSPS) is 11.3. The van der Waals surface area contributed by atoms with Crippen LogP contribution >= 0.6 is 15.9 Å². The van der Waals surface area contributed by atoms with E-state index < -0.39 is 5.91 Å². The van der Waals surface area contributed by atoms with Gasteiger partial charge < -0.3 is 11.1 Å². The Balaban J connectivity index is 4.38. The van der Waals surface area contributed by atoms with Gasteiger partial charge in [-0.05, 0) is 18.9 Å². The highest BCUT2D eigenvalue weighted by molar-refractivity contribution is 9.09. The molecule has 3 N–H and O–H groups in total. The standard InChI is InChI=1S/C8H13BrN2O/c1-2-7(10)5-6(3-4-9)8(11)12/h5,10H,2-4H2,1H3,(H2,11,12). The van der Waals surface area contributed by atoms with E-state index in [4.69, 9.17) is 11.1 Å². The van der Waals surface area contributed by atoms with E-state index in [2.05, 4.69) is 15.9 Å². The Morgan fingerprint density at radius 2 is 2.25 bits per heavy atom. The van der Waals surface area contributed by atoms with Gasteiger partial charge >= 0.3 is 0 Å². The second-order valence-electron chi connectivity index (χ2n) is 2.35. The lowest BCUT2D eigenvalue weighted by Gasteiger charge is -1.99. The largest absolute Gasteiger partial charge is 0.366 e. The van der Waals surface area contributed by atoms with Crippen LogP contribution in [0, 0.1) is 5.41 Å². The maximum absolute atomic E-state index is 10.8. The summed E-state index contributed by atoms with van der Waals surface area (Å²) in [4.78, 5) is 10.8. The van der Waals surface area contributed by atoms with E-state index in [1.165, 1.54) is 0 Å². The summed E-state index contributed by atoms with van der Waals surface area (Å²) in [5.74, 6) is -0.437. The van der Waals surface area contributed by atoms with Crippen LogP contribution in [-0.2, 0) is 4.79 Å². The van der Waals surface area contributed by atoms with Gasteiger partial charge in [-0.25, -0.2) is 0 Å². The van der Waals surface area contributed by atoms with Gasteiger partial charge in [0.1, 0.15) is 0 Å². The molecule has 0 heterocycles. The number of nitrogens with one attached hydrogen (secondary N) is 1. The molecule has 0 aliphatic rings. The Morgan fingerprint density at radius 1 is 1.67 bits per heavy atom. The quantitative estimate of drug-likeness (QED) is 0.423. The number of allylic oxidation sites excluding steroid dienone is 1. The number of hydrogen-bond acceptors (Lipinski definition) is 2. The summed E-state index contributed by atoms with van der Waals surface area (Å²) in [6.07, 6.45) is 2.75. The van der Waals surface area contributed by atoms with Crippen LogP contribution in [0.3, 0.4) is 0 Å². The predicted molar refractivity (Wildman–Crippen MR) is 53.7 cm³/mol. The first kappa shape index (κ1) is 11.4. The molecule has 0 radical (unpaired) electrons. The number of nitrogens with two attached hydrogens (primary N) is 1. The molecule has 0 atom stereocenters. The van der Waals surface area contributed by atoms with Crippen molar-refractivity contribution in [2.75, 3.05) is 5.33 Å². The summed E-state index contributed by atoms with van der Waals surface area (Å²) >= 11 is 3.21. The molecule has 1 amide bonds. The topological polar surface area (TPSA) is 66.9 Å². The Bertz CT molecular complexity index is 211. The Hall–Kier alpha value is -0.640. The van der Waals surface area contributed by atoms with Crippen LogP contribution in [0.5, 0.6) is 0 Å². The van der Waals surface area contributed by atoms with Crippen molar-refractivity contribution < 1.29 is 4.79 Å². The molecule has 0 rings (SSSR count). The zero-order valence-electron chi connectivity index (χ0n) is 7.06. The maximum atomic E-state index is 10.8. The van der Waals surface area contributed by atoms with Gasteiger partial charge in [-0.2, -0.15) is 0 Å². The van der Waals surface area contributed by atoms with Gasteiger partial charge in [0.2, 0.25) is 5.91 Å². The van der Waals surface area contributed by atoms with Crippen molar-refractivity contribution in [3.05, 3.63) is 11.6 Å². The zero-order chi connectivity index (χ0) is 9.56. The number of carbonyl (C=O) groups excluding carboxylic acids is 1. The van der Waals surface area contributed by atoms with Crippen LogP contribution in [-0.4, -0.2) is 16.9 Å². The van der Waals surface area contributed by atoms with E-state index in [-0.39, 0.29) is 0 Å². The predicted octanol–water partition coefficient (Wildman–Crippen LogP) is 1.61. The number of alkyl halides is 1. The van der Waals surface area contributed by atoms with Gasteiger partial charge in [0, 0.05) is 16.6 Å². The summed E-state index contributed by atoms with van der Waals surface area (Å²) in [6.45, 7) is 1.87. The fourth-order valence-electron chi connectivity index (χ4n) is 0.681. The molecule has 0 fully saturated rings. The molecule has 0 spiro atoms. The molecule has 0 aromatic rings. The highest BCUT2D eigenvalue weighted by Crippen LogP contribution is 2.04. The molecule has 0 aliphatic heterocycles. The monoisotopic (exact) mass is 232 g/mol. The molecule has 0 aromatic heterocycles. The lowest BCUT2D eigenvalue weighted by atomic mass is 10.1. The van der Waals surface area contributed by atoms with Gasteiger partial charge in [0.05, 0.1) is 0 Å². The molecule has 4 heteroatoms. The number of hydrogen-bond donors (Lipinski definition) is 2. The van der Waals surface area contributed by atoms with Crippen molar-refractivity contribution >= 4 is 27.5 Å². The first-order valence-corrected chi connectivity index (χ1v) is 4.87. The van der Waals surface area contributed by atoms with Crippen molar-refractivity contribution in [3.8, 4) is 0 Å². The molecule has 3 nitrogen and oxygen atoms in total. The molecule has 0 bridgehead atoms. The van der Waals surface area contributed by atoms with E-state index in [0.29, 0.717) is 29.5 Å². The third-order valence-electron chi connectivity index (χ3n) is 1.41. The Morgan fingerprint density at radius 3 is 2.58 bits per heavy atom. The lowest BCUT2D eigenvalue weighted by molar-refractivity contribution is -0.114. The van der Waals surface area contributed by atoms with Crippen molar-refractivity contribution in [1.82, 2.24) is 0 Å². The van der Waals surface area contributed by atoms with E-state index in [9.17, 15) is 4.79 Å². The number of primary amides is 1. The summed E-state index contributed by atoms with van der Waals surface area (Å²) in [7, 11) is 0.